The molecule has 4 rings (SSSR count). The van der Waals surface area contributed by atoms with Gasteiger partial charge in [0.25, 0.3) is 0 Å². The first kappa shape index (κ1) is 18.1. The molecule has 0 fully saturated rings. The molecule has 0 amide bonds. The number of nitrogens with zero attached hydrogens (tertiary/aromatic N) is 1. The van der Waals surface area contributed by atoms with Crippen molar-refractivity contribution < 1.29 is 37.5 Å². The van der Waals surface area contributed by atoms with E-state index in [1.165, 1.54) is 26.5 Å². The van der Waals surface area contributed by atoms with Crippen molar-refractivity contribution >= 4 is 8.25 Å². The van der Waals surface area contributed by atoms with Crippen LogP contribution in [0.3, 0.4) is 0 Å². The van der Waals surface area contributed by atoms with Crippen LogP contribution < -0.4 is 28.4 Å². The molecule has 0 saturated heterocycles. The van der Waals surface area contributed by atoms with Crippen molar-refractivity contribution in [2.24, 2.45) is 0 Å². The zero-order valence-corrected chi connectivity index (χ0v) is 15.7. The second-order valence-corrected chi connectivity index (χ2v) is 6.29. The van der Waals surface area contributed by atoms with Crippen molar-refractivity contribution in [2.75, 3.05) is 21.0 Å². The topological polar surface area (TPSA) is 112 Å². The van der Waals surface area contributed by atoms with Gasteiger partial charge in [0.15, 0.2) is 23.0 Å². The maximum Gasteiger partial charge on any atom is 0.539 e. The van der Waals surface area contributed by atoms with Crippen LogP contribution in [0, 0.1) is 0 Å². The minimum Gasteiger partial charge on any atom is -0.558 e. The first-order valence-electron chi connectivity index (χ1n) is 8.04. The summed E-state index contributed by atoms with van der Waals surface area (Å²) >= 11 is 0. The average Bonchev–Trinajstić information content (AvgIpc) is 3.35. The van der Waals surface area contributed by atoms with Crippen molar-refractivity contribution in [1.82, 2.24) is 5.16 Å². The first-order chi connectivity index (χ1) is 13.6. The Labute approximate surface area is 160 Å². The van der Waals surface area contributed by atoms with Crippen LogP contribution in [-0.4, -0.2) is 26.2 Å². The molecule has 1 aromatic heterocycles. The van der Waals surface area contributed by atoms with Crippen LogP contribution in [0.15, 0.2) is 41.1 Å². The fraction of sp³-hybridized carbons (Fsp3) is 0.167. The molecule has 10 heteroatoms. The summed E-state index contributed by atoms with van der Waals surface area (Å²) in [5.74, 6) is 2.40. The van der Waals surface area contributed by atoms with Crippen LogP contribution >= 0.6 is 8.25 Å². The van der Waals surface area contributed by atoms with Crippen molar-refractivity contribution in [3.8, 4) is 51.2 Å². The van der Waals surface area contributed by atoms with Gasteiger partial charge >= 0.3 is 8.25 Å². The number of hydrogen-bond donors (Lipinski definition) is 0. The quantitative estimate of drug-likeness (QED) is 0.573. The maximum atomic E-state index is 11.1. The molecule has 0 spiro atoms. The summed E-state index contributed by atoms with van der Waals surface area (Å²) in [5, 5.41) is 3.86. The maximum absolute atomic E-state index is 11.1. The summed E-state index contributed by atoms with van der Waals surface area (Å²) in [5.41, 5.74) is 1.60. The molecule has 0 N–H and O–H groups in total. The lowest BCUT2D eigenvalue weighted by Gasteiger charge is -2.09. The van der Waals surface area contributed by atoms with E-state index in [1.807, 2.05) is 0 Å². The highest BCUT2D eigenvalue weighted by Crippen LogP contribution is 2.47. The minimum atomic E-state index is -3.12. The Bertz CT molecular complexity index is 1050. The van der Waals surface area contributed by atoms with Gasteiger partial charge in [-0.25, -0.2) is 0 Å². The minimum absolute atomic E-state index is 0.0887. The van der Waals surface area contributed by atoms with Crippen LogP contribution in [0.25, 0.3) is 22.5 Å². The van der Waals surface area contributed by atoms with E-state index in [9.17, 15) is 9.46 Å². The smallest absolute Gasteiger partial charge is 0.539 e. The Morgan fingerprint density at radius 3 is 2.68 bits per heavy atom. The molecule has 3 aromatic rings. The van der Waals surface area contributed by atoms with Gasteiger partial charge in [0.2, 0.25) is 12.5 Å². The molecule has 1 aliphatic heterocycles. The monoisotopic (exact) mass is 403 g/mol. The van der Waals surface area contributed by atoms with Gasteiger partial charge in [-0.1, -0.05) is 5.16 Å². The summed E-state index contributed by atoms with van der Waals surface area (Å²) < 4.78 is 42.9. The molecule has 28 heavy (non-hydrogen) atoms. The molecule has 2 aromatic carbocycles. The van der Waals surface area contributed by atoms with Gasteiger partial charge in [0, 0.05) is 17.2 Å². The SMILES string of the molecule is COc1ccc(-c2cnoc2-c2cc(OC)c3c(c2)OCO3)c(O[P+](=O)[O-])c1. The van der Waals surface area contributed by atoms with Crippen molar-refractivity contribution in [3.05, 3.63) is 36.5 Å². The largest absolute Gasteiger partial charge is 0.558 e. The molecule has 2 heterocycles. The fourth-order valence-corrected chi connectivity index (χ4v) is 3.22. The predicted octanol–water partition coefficient (Wildman–Crippen LogP) is 3.15. The van der Waals surface area contributed by atoms with E-state index in [-0.39, 0.29) is 12.5 Å². The third-order valence-electron chi connectivity index (χ3n) is 4.14. The van der Waals surface area contributed by atoms with Gasteiger partial charge in [0.05, 0.1) is 26.0 Å². The number of benzene rings is 2. The molecular weight excluding hydrogens is 389 g/mol. The summed E-state index contributed by atoms with van der Waals surface area (Å²) in [4.78, 5) is 11.1. The summed E-state index contributed by atoms with van der Waals surface area (Å²) in [6.45, 7) is 0.0887. The van der Waals surface area contributed by atoms with Crippen LogP contribution in [0.1, 0.15) is 0 Å². The zero-order valence-electron chi connectivity index (χ0n) is 14.8. The van der Waals surface area contributed by atoms with E-state index in [4.69, 9.17) is 28.0 Å². The lowest BCUT2D eigenvalue weighted by atomic mass is 10.0. The van der Waals surface area contributed by atoms with Crippen LogP contribution in [-0.2, 0) is 4.57 Å². The molecule has 0 aliphatic carbocycles. The summed E-state index contributed by atoms with van der Waals surface area (Å²) in [6, 6.07) is 8.25. The standard InChI is InChI=1S/C18H14NO8P/c1-22-11-3-4-12(14(7-11)27-28(20)21)13-8-19-26-17(13)10-5-15(23-2)18-16(6-10)24-9-25-18/h3-8H,9H2,1-2H3. The number of methoxy groups -OCH3 is 2. The molecule has 0 bridgehead atoms. The van der Waals surface area contributed by atoms with E-state index in [2.05, 4.69) is 5.16 Å². The number of ether oxygens (including phenoxy) is 4. The highest BCUT2D eigenvalue weighted by molar-refractivity contribution is 7.31. The molecule has 1 unspecified atom stereocenters. The zero-order chi connectivity index (χ0) is 19.7. The first-order valence-corrected chi connectivity index (χ1v) is 9.13. The van der Waals surface area contributed by atoms with E-state index in [0.29, 0.717) is 45.4 Å². The molecule has 1 atom stereocenters. The Kier molecular flexibility index (Phi) is 4.77. The third kappa shape index (κ3) is 3.21. The van der Waals surface area contributed by atoms with Crippen LogP contribution in [0.4, 0.5) is 0 Å². The van der Waals surface area contributed by atoms with Gasteiger partial charge < -0.3 is 28.4 Å². The van der Waals surface area contributed by atoms with Gasteiger partial charge in [-0.15, -0.1) is 0 Å². The highest BCUT2D eigenvalue weighted by atomic mass is 31.1. The number of aromatic nitrogens is 1. The molecule has 0 radical (unpaired) electrons. The van der Waals surface area contributed by atoms with E-state index >= 15 is 0 Å². The average molecular weight is 403 g/mol. The lowest BCUT2D eigenvalue weighted by molar-refractivity contribution is -0.178. The lowest BCUT2D eigenvalue weighted by Crippen LogP contribution is -1.96. The fourth-order valence-electron chi connectivity index (χ4n) is 2.91. The van der Waals surface area contributed by atoms with E-state index in [0.717, 1.165) is 0 Å². The van der Waals surface area contributed by atoms with Crippen molar-refractivity contribution in [1.29, 1.82) is 0 Å². The highest BCUT2D eigenvalue weighted by Gasteiger charge is 2.25. The number of hydrogen-bond acceptors (Lipinski definition) is 9. The number of rotatable bonds is 6. The molecule has 1 aliphatic rings. The van der Waals surface area contributed by atoms with Crippen LogP contribution in [0.5, 0.6) is 28.7 Å². The summed E-state index contributed by atoms with van der Waals surface area (Å²) in [7, 11) is -0.136. The van der Waals surface area contributed by atoms with Crippen LogP contribution in [0.2, 0.25) is 0 Å². The number of fused-ring (bicyclic) bond motifs is 1. The third-order valence-corrected chi connectivity index (χ3v) is 4.49. The Morgan fingerprint density at radius 1 is 1.07 bits per heavy atom. The van der Waals surface area contributed by atoms with E-state index in [1.54, 1.807) is 24.3 Å². The van der Waals surface area contributed by atoms with Crippen molar-refractivity contribution in [3.63, 3.8) is 0 Å². The Hall–Kier alpha value is -3.29. The second kappa shape index (κ2) is 7.38. The van der Waals surface area contributed by atoms with Crippen molar-refractivity contribution in [2.45, 2.75) is 0 Å². The second-order valence-electron chi connectivity index (χ2n) is 5.66. The van der Waals surface area contributed by atoms with Gasteiger partial charge in [-0.3, -0.25) is 4.52 Å². The molecule has 0 saturated carbocycles. The Balaban J connectivity index is 1.84. The Morgan fingerprint density at radius 2 is 1.93 bits per heavy atom. The predicted molar refractivity (Wildman–Crippen MR) is 94.8 cm³/mol. The van der Waals surface area contributed by atoms with Gasteiger partial charge in [-0.2, -0.15) is 0 Å². The molecule has 9 nitrogen and oxygen atoms in total. The summed E-state index contributed by atoms with van der Waals surface area (Å²) in [6.07, 6.45) is 1.47. The van der Waals surface area contributed by atoms with Gasteiger partial charge in [0.1, 0.15) is 5.75 Å². The van der Waals surface area contributed by atoms with Gasteiger partial charge in [-0.05, 0) is 28.8 Å². The molecular formula is C18H14NO8P. The molecule has 144 valence electrons. The van der Waals surface area contributed by atoms with E-state index < -0.39 is 8.25 Å². The normalized spacial score (nSPS) is 12.6.